The van der Waals surface area contributed by atoms with Gasteiger partial charge >= 0.3 is 0 Å². The van der Waals surface area contributed by atoms with Crippen molar-refractivity contribution in [1.82, 2.24) is 5.32 Å². The molecule has 0 saturated carbocycles. The maximum Gasteiger partial charge on any atom is 0.224 e. The van der Waals surface area contributed by atoms with Crippen molar-refractivity contribution in [2.75, 3.05) is 6.61 Å². The molecule has 0 fully saturated rings. The van der Waals surface area contributed by atoms with Crippen LogP contribution in [0.3, 0.4) is 0 Å². The average molecular weight is 237 g/mol. The Morgan fingerprint density at radius 2 is 1.94 bits per heavy atom. The van der Waals surface area contributed by atoms with Crippen molar-refractivity contribution in [1.29, 1.82) is 0 Å². The maximum absolute atomic E-state index is 11.7. The summed E-state index contributed by atoms with van der Waals surface area (Å²) in [6.45, 7) is 3.64. The van der Waals surface area contributed by atoms with Gasteiger partial charge in [0.2, 0.25) is 5.91 Å². The third-order valence-electron chi connectivity index (χ3n) is 2.87. The Morgan fingerprint density at radius 1 is 1.35 bits per heavy atom. The van der Waals surface area contributed by atoms with E-state index in [1.54, 1.807) is 24.3 Å². The molecule has 0 heterocycles. The van der Waals surface area contributed by atoms with Crippen molar-refractivity contribution in [3.05, 3.63) is 29.8 Å². The summed E-state index contributed by atoms with van der Waals surface area (Å²) < 4.78 is 0. The molecule has 0 radical (unpaired) electrons. The van der Waals surface area contributed by atoms with Gasteiger partial charge < -0.3 is 15.5 Å². The largest absolute Gasteiger partial charge is 0.508 e. The Bertz CT molecular complexity index is 369. The van der Waals surface area contributed by atoms with Crippen LogP contribution in [0.5, 0.6) is 5.75 Å². The van der Waals surface area contributed by atoms with Crippen LogP contribution in [0, 0.1) is 0 Å². The number of aromatic hydroxyl groups is 1. The van der Waals surface area contributed by atoms with Crippen molar-refractivity contribution in [3.8, 4) is 5.75 Å². The summed E-state index contributed by atoms with van der Waals surface area (Å²) in [7, 11) is 0. The minimum Gasteiger partial charge on any atom is -0.508 e. The van der Waals surface area contributed by atoms with Gasteiger partial charge in [-0.1, -0.05) is 19.1 Å². The number of aliphatic hydroxyl groups is 1. The molecule has 0 aliphatic rings. The van der Waals surface area contributed by atoms with E-state index >= 15 is 0 Å². The topological polar surface area (TPSA) is 69.6 Å². The molecule has 1 aromatic rings. The molecule has 1 amide bonds. The fraction of sp³-hybridized carbons (Fsp3) is 0.462. The molecule has 0 aliphatic heterocycles. The number of hydrogen-bond donors (Lipinski definition) is 3. The van der Waals surface area contributed by atoms with Crippen molar-refractivity contribution in [2.45, 2.75) is 32.2 Å². The zero-order valence-corrected chi connectivity index (χ0v) is 10.2. The quantitative estimate of drug-likeness (QED) is 0.721. The highest BCUT2D eigenvalue weighted by atomic mass is 16.3. The van der Waals surface area contributed by atoms with Crippen LogP contribution in [-0.4, -0.2) is 28.3 Å². The lowest BCUT2D eigenvalue weighted by Crippen LogP contribution is -2.48. The molecule has 17 heavy (non-hydrogen) atoms. The van der Waals surface area contributed by atoms with Gasteiger partial charge in [-0.2, -0.15) is 0 Å². The second kappa shape index (κ2) is 5.68. The van der Waals surface area contributed by atoms with E-state index in [1.165, 1.54) is 0 Å². The van der Waals surface area contributed by atoms with E-state index in [4.69, 9.17) is 5.11 Å². The van der Waals surface area contributed by atoms with E-state index in [2.05, 4.69) is 5.32 Å². The lowest BCUT2D eigenvalue weighted by molar-refractivity contribution is -0.122. The van der Waals surface area contributed by atoms with Gasteiger partial charge in [-0.05, 0) is 31.0 Å². The van der Waals surface area contributed by atoms with Gasteiger partial charge in [0.25, 0.3) is 0 Å². The second-order valence-electron chi connectivity index (χ2n) is 4.46. The van der Waals surface area contributed by atoms with Crippen LogP contribution in [0.2, 0.25) is 0 Å². The van der Waals surface area contributed by atoms with Gasteiger partial charge in [0.1, 0.15) is 5.75 Å². The van der Waals surface area contributed by atoms with Gasteiger partial charge in [-0.25, -0.2) is 0 Å². The summed E-state index contributed by atoms with van der Waals surface area (Å²) >= 11 is 0. The molecule has 0 bridgehead atoms. The molecular formula is C13H19NO3. The number of benzene rings is 1. The minimum absolute atomic E-state index is 0.0786. The zero-order chi connectivity index (χ0) is 12.9. The number of phenols is 1. The average Bonchev–Trinajstić information content (AvgIpc) is 2.32. The van der Waals surface area contributed by atoms with Crippen LogP contribution in [0.25, 0.3) is 0 Å². The Balaban J connectivity index is 2.58. The fourth-order valence-corrected chi connectivity index (χ4v) is 1.42. The number of carbonyl (C=O) groups excluding carboxylic acids is 1. The summed E-state index contributed by atoms with van der Waals surface area (Å²) in [5.41, 5.74) is 0.269. The van der Waals surface area contributed by atoms with Gasteiger partial charge in [-0.15, -0.1) is 0 Å². The van der Waals surface area contributed by atoms with E-state index in [0.717, 1.165) is 5.56 Å². The van der Waals surface area contributed by atoms with Crippen molar-refractivity contribution < 1.29 is 15.0 Å². The number of aliphatic hydroxyl groups excluding tert-OH is 1. The van der Waals surface area contributed by atoms with Gasteiger partial charge in [0.15, 0.2) is 0 Å². The van der Waals surface area contributed by atoms with E-state index in [-0.39, 0.29) is 24.7 Å². The first-order chi connectivity index (χ1) is 7.99. The summed E-state index contributed by atoms with van der Waals surface area (Å²) in [4.78, 5) is 11.7. The number of phenolic OH excluding ortho intramolecular Hbond substituents is 1. The molecule has 4 heteroatoms. The Labute approximate surface area is 101 Å². The standard InChI is InChI=1S/C13H19NO3/c1-3-13(2,9-15)14-12(17)8-10-4-6-11(16)7-5-10/h4-7,15-16H,3,8-9H2,1-2H3,(H,14,17). The molecule has 0 saturated heterocycles. The van der Waals surface area contributed by atoms with E-state index in [0.29, 0.717) is 6.42 Å². The first-order valence-corrected chi connectivity index (χ1v) is 5.69. The lowest BCUT2D eigenvalue weighted by atomic mass is 9.99. The van der Waals surface area contributed by atoms with Crippen LogP contribution < -0.4 is 5.32 Å². The predicted octanol–water partition coefficient (Wildman–Crippen LogP) is 1.21. The van der Waals surface area contributed by atoms with Gasteiger partial charge in [-0.3, -0.25) is 4.79 Å². The highest BCUT2D eigenvalue weighted by Crippen LogP contribution is 2.11. The normalized spacial score (nSPS) is 14.1. The lowest BCUT2D eigenvalue weighted by Gasteiger charge is -2.27. The van der Waals surface area contributed by atoms with E-state index in [1.807, 2.05) is 13.8 Å². The second-order valence-corrected chi connectivity index (χ2v) is 4.46. The Hall–Kier alpha value is -1.55. The number of amides is 1. The molecule has 1 aromatic carbocycles. The Kier molecular flexibility index (Phi) is 4.52. The summed E-state index contributed by atoms with van der Waals surface area (Å²) in [6.07, 6.45) is 0.917. The maximum atomic E-state index is 11.7. The highest BCUT2D eigenvalue weighted by molar-refractivity contribution is 5.79. The third kappa shape index (κ3) is 4.07. The van der Waals surface area contributed by atoms with E-state index < -0.39 is 5.54 Å². The van der Waals surface area contributed by atoms with Crippen LogP contribution in [-0.2, 0) is 11.2 Å². The van der Waals surface area contributed by atoms with Gasteiger partial charge in [0.05, 0.1) is 18.6 Å². The minimum atomic E-state index is -0.562. The molecule has 0 spiro atoms. The molecule has 0 aromatic heterocycles. The number of hydrogen-bond acceptors (Lipinski definition) is 3. The molecule has 3 N–H and O–H groups in total. The van der Waals surface area contributed by atoms with Crippen molar-refractivity contribution in [3.63, 3.8) is 0 Å². The summed E-state index contributed by atoms with van der Waals surface area (Å²) in [5, 5.41) is 21.1. The SMILES string of the molecule is CCC(C)(CO)NC(=O)Cc1ccc(O)cc1. The fourth-order valence-electron chi connectivity index (χ4n) is 1.42. The Morgan fingerprint density at radius 3 is 2.41 bits per heavy atom. The molecule has 1 atom stereocenters. The zero-order valence-electron chi connectivity index (χ0n) is 10.2. The summed E-state index contributed by atoms with van der Waals surface area (Å²) in [5.74, 6) is 0.0528. The highest BCUT2D eigenvalue weighted by Gasteiger charge is 2.22. The smallest absolute Gasteiger partial charge is 0.224 e. The molecule has 1 unspecified atom stereocenters. The van der Waals surface area contributed by atoms with Crippen LogP contribution in [0.15, 0.2) is 24.3 Å². The van der Waals surface area contributed by atoms with Crippen LogP contribution in [0.1, 0.15) is 25.8 Å². The molecule has 94 valence electrons. The molecule has 0 aliphatic carbocycles. The molecular weight excluding hydrogens is 218 g/mol. The third-order valence-corrected chi connectivity index (χ3v) is 2.87. The molecule has 1 rings (SSSR count). The van der Waals surface area contributed by atoms with Crippen molar-refractivity contribution >= 4 is 5.91 Å². The van der Waals surface area contributed by atoms with Gasteiger partial charge in [0, 0.05) is 0 Å². The predicted molar refractivity (Wildman–Crippen MR) is 65.7 cm³/mol. The number of nitrogens with one attached hydrogen (secondary N) is 1. The first kappa shape index (κ1) is 13.5. The monoisotopic (exact) mass is 237 g/mol. The first-order valence-electron chi connectivity index (χ1n) is 5.69. The van der Waals surface area contributed by atoms with Crippen molar-refractivity contribution in [2.24, 2.45) is 0 Å². The molecule has 4 nitrogen and oxygen atoms in total. The number of rotatable bonds is 5. The van der Waals surface area contributed by atoms with Crippen LogP contribution in [0.4, 0.5) is 0 Å². The summed E-state index contributed by atoms with van der Waals surface area (Å²) in [6, 6.07) is 6.51. The van der Waals surface area contributed by atoms with Crippen LogP contribution >= 0.6 is 0 Å². The number of carbonyl (C=O) groups is 1. The van der Waals surface area contributed by atoms with E-state index in [9.17, 15) is 9.90 Å².